The quantitative estimate of drug-likeness (QED) is 0.606. The molecule has 0 N–H and O–H groups in total. The molecule has 12 heavy (non-hydrogen) atoms. The van der Waals surface area contributed by atoms with Gasteiger partial charge in [-0.05, 0) is 5.92 Å². The van der Waals surface area contributed by atoms with E-state index in [1.54, 1.807) is 6.20 Å². The predicted molar refractivity (Wildman–Crippen MR) is 43.4 cm³/mol. The molecule has 1 aliphatic rings. The molecule has 0 unspecified atom stereocenters. The largest absolute Gasteiger partial charge is 0.358 e. The lowest BCUT2D eigenvalue weighted by atomic mass is 10.2. The van der Waals surface area contributed by atoms with Crippen LogP contribution in [0.1, 0.15) is 13.8 Å². The summed E-state index contributed by atoms with van der Waals surface area (Å²) in [5.41, 5.74) is 0. The van der Waals surface area contributed by atoms with Crippen molar-refractivity contribution in [3.8, 4) is 0 Å². The van der Waals surface area contributed by atoms with Gasteiger partial charge < -0.3 is 9.80 Å². The summed E-state index contributed by atoms with van der Waals surface area (Å²) in [6.07, 6.45) is 3.15. The SMILES string of the molecule is CC(C)CN1C=CN(C(F)F)C1. The number of nitrogens with zero attached hydrogens (tertiary/aromatic N) is 2. The van der Waals surface area contributed by atoms with Crippen molar-refractivity contribution in [3.05, 3.63) is 12.4 Å². The minimum absolute atomic E-state index is 0.315. The van der Waals surface area contributed by atoms with Crippen molar-refractivity contribution in [1.82, 2.24) is 9.80 Å². The first kappa shape index (κ1) is 9.29. The first-order valence-electron chi connectivity index (χ1n) is 4.06. The maximum absolute atomic E-state index is 12.1. The van der Waals surface area contributed by atoms with E-state index in [2.05, 4.69) is 13.8 Å². The number of hydrogen-bond acceptors (Lipinski definition) is 2. The van der Waals surface area contributed by atoms with Gasteiger partial charge in [0.1, 0.15) is 0 Å². The highest BCUT2D eigenvalue weighted by atomic mass is 19.3. The van der Waals surface area contributed by atoms with E-state index >= 15 is 0 Å². The number of rotatable bonds is 3. The van der Waals surface area contributed by atoms with Crippen LogP contribution in [-0.4, -0.2) is 29.6 Å². The van der Waals surface area contributed by atoms with Crippen LogP contribution < -0.4 is 0 Å². The van der Waals surface area contributed by atoms with Crippen LogP contribution in [0.25, 0.3) is 0 Å². The molecule has 0 bridgehead atoms. The molecule has 1 heterocycles. The van der Waals surface area contributed by atoms with Crippen molar-refractivity contribution in [3.63, 3.8) is 0 Å². The molecule has 0 radical (unpaired) electrons. The summed E-state index contributed by atoms with van der Waals surface area (Å²) in [5.74, 6) is 0.507. The van der Waals surface area contributed by atoms with Gasteiger partial charge in [-0.1, -0.05) is 13.8 Å². The van der Waals surface area contributed by atoms with Gasteiger partial charge in [-0.2, -0.15) is 8.78 Å². The van der Waals surface area contributed by atoms with E-state index in [1.807, 2.05) is 4.90 Å². The molecule has 2 nitrogen and oxygen atoms in total. The first-order valence-corrected chi connectivity index (χ1v) is 4.06. The average molecular weight is 176 g/mol. The standard InChI is InChI=1S/C8H14F2N2/c1-7(2)5-11-3-4-12(6-11)8(9)10/h3-4,7-8H,5-6H2,1-2H3. The molecule has 1 aliphatic heterocycles. The van der Waals surface area contributed by atoms with Gasteiger partial charge in [0.2, 0.25) is 0 Å². The summed E-state index contributed by atoms with van der Waals surface area (Å²) in [4.78, 5) is 2.90. The molecule has 4 heteroatoms. The Balaban J connectivity index is 2.32. The summed E-state index contributed by atoms with van der Waals surface area (Å²) in [5, 5.41) is 0. The summed E-state index contributed by atoms with van der Waals surface area (Å²) in [6, 6.07) is 0. The molecule has 0 aromatic carbocycles. The van der Waals surface area contributed by atoms with Gasteiger partial charge in [-0.15, -0.1) is 0 Å². The van der Waals surface area contributed by atoms with Crippen LogP contribution in [0.3, 0.4) is 0 Å². The summed E-state index contributed by atoms with van der Waals surface area (Å²) in [6.45, 7) is 2.91. The van der Waals surface area contributed by atoms with Gasteiger partial charge in [-0.3, -0.25) is 0 Å². The zero-order valence-electron chi connectivity index (χ0n) is 7.37. The maximum atomic E-state index is 12.1. The van der Waals surface area contributed by atoms with E-state index in [-0.39, 0.29) is 0 Å². The topological polar surface area (TPSA) is 6.48 Å². The van der Waals surface area contributed by atoms with Crippen LogP contribution in [0.4, 0.5) is 8.78 Å². The lowest BCUT2D eigenvalue weighted by molar-refractivity contribution is -0.00541. The Bertz CT molecular complexity index is 168. The molecular weight excluding hydrogens is 162 g/mol. The molecule has 0 spiro atoms. The molecular formula is C8H14F2N2. The van der Waals surface area contributed by atoms with Crippen LogP contribution in [0.2, 0.25) is 0 Å². The number of halogens is 2. The van der Waals surface area contributed by atoms with Gasteiger partial charge in [0.15, 0.2) is 0 Å². The lowest BCUT2D eigenvalue weighted by Gasteiger charge is -2.21. The molecule has 0 saturated heterocycles. The Morgan fingerprint density at radius 3 is 2.42 bits per heavy atom. The van der Waals surface area contributed by atoms with Crippen molar-refractivity contribution >= 4 is 0 Å². The van der Waals surface area contributed by atoms with Crippen LogP contribution in [-0.2, 0) is 0 Å². The van der Waals surface area contributed by atoms with E-state index in [9.17, 15) is 8.78 Å². The number of hydrogen-bond donors (Lipinski definition) is 0. The van der Waals surface area contributed by atoms with E-state index in [0.717, 1.165) is 11.4 Å². The molecule has 0 amide bonds. The Morgan fingerprint density at radius 2 is 2.00 bits per heavy atom. The van der Waals surface area contributed by atoms with Crippen molar-refractivity contribution < 1.29 is 8.78 Å². The molecule has 0 aromatic heterocycles. The average Bonchev–Trinajstić information content (AvgIpc) is 2.34. The summed E-state index contributed by atoms with van der Waals surface area (Å²) < 4.78 is 24.2. The highest BCUT2D eigenvalue weighted by Crippen LogP contribution is 2.13. The molecule has 0 aromatic rings. The van der Waals surface area contributed by atoms with Crippen LogP contribution in [0.5, 0.6) is 0 Å². The van der Waals surface area contributed by atoms with Crippen LogP contribution in [0.15, 0.2) is 12.4 Å². The predicted octanol–water partition coefficient (Wildman–Crippen LogP) is 1.91. The molecule has 0 aliphatic carbocycles. The number of alkyl halides is 2. The first-order chi connectivity index (χ1) is 5.59. The highest BCUT2D eigenvalue weighted by molar-refractivity contribution is 4.90. The van der Waals surface area contributed by atoms with E-state index < -0.39 is 6.55 Å². The Hall–Kier alpha value is -0.800. The fraction of sp³-hybridized carbons (Fsp3) is 0.750. The summed E-state index contributed by atoms with van der Waals surface area (Å²) >= 11 is 0. The fourth-order valence-electron chi connectivity index (χ4n) is 1.20. The third kappa shape index (κ3) is 2.36. The molecule has 1 rings (SSSR count). The third-order valence-corrected chi connectivity index (χ3v) is 1.66. The van der Waals surface area contributed by atoms with Gasteiger partial charge in [0.25, 0.3) is 0 Å². The Morgan fingerprint density at radius 1 is 1.33 bits per heavy atom. The van der Waals surface area contributed by atoms with Crippen molar-refractivity contribution in [2.24, 2.45) is 5.92 Å². The van der Waals surface area contributed by atoms with Gasteiger partial charge in [-0.25, -0.2) is 0 Å². The summed E-state index contributed by atoms with van der Waals surface area (Å²) in [7, 11) is 0. The van der Waals surface area contributed by atoms with Gasteiger partial charge in [0.05, 0.1) is 6.67 Å². The zero-order valence-corrected chi connectivity index (χ0v) is 7.37. The smallest absolute Gasteiger partial charge is 0.316 e. The highest BCUT2D eigenvalue weighted by Gasteiger charge is 2.19. The second-order valence-corrected chi connectivity index (χ2v) is 3.40. The molecule has 0 saturated carbocycles. The van der Waals surface area contributed by atoms with E-state index in [0.29, 0.717) is 12.6 Å². The van der Waals surface area contributed by atoms with Crippen molar-refractivity contribution in [2.75, 3.05) is 13.2 Å². The van der Waals surface area contributed by atoms with Gasteiger partial charge in [0, 0.05) is 18.9 Å². The Kier molecular flexibility index (Phi) is 2.89. The van der Waals surface area contributed by atoms with Crippen LogP contribution in [0, 0.1) is 5.92 Å². The van der Waals surface area contributed by atoms with E-state index in [1.165, 1.54) is 6.20 Å². The normalized spacial score (nSPS) is 17.2. The minimum Gasteiger partial charge on any atom is -0.358 e. The molecule has 70 valence electrons. The Labute approximate surface area is 71.4 Å². The lowest BCUT2D eigenvalue weighted by Crippen LogP contribution is -2.30. The second kappa shape index (κ2) is 3.74. The molecule has 0 fully saturated rings. The van der Waals surface area contributed by atoms with Crippen LogP contribution >= 0.6 is 0 Å². The minimum atomic E-state index is -2.38. The third-order valence-electron chi connectivity index (χ3n) is 1.66. The molecule has 0 atom stereocenters. The maximum Gasteiger partial charge on any atom is 0.316 e. The fourth-order valence-corrected chi connectivity index (χ4v) is 1.20. The second-order valence-electron chi connectivity index (χ2n) is 3.40. The van der Waals surface area contributed by atoms with Gasteiger partial charge >= 0.3 is 6.55 Å². The van der Waals surface area contributed by atoms with E-state index in [4.69, 9.17) is 0 Å². The van der Waals surface area contributed by atoms with Crippen molar-refractivity contribution in [1.29, 1.82) is 0 Å². The van der Waals surface area contributed by atoms with Crippen molar-refractivity contribution in [2.45, 2.75) is 20.4 Å². The zero-order chi connectivity index (χ0) is 9.14. The monoisotopic (exact) mass is 176 g/mol.